The molecule has 0 fully saturated rings. The highest BCUT2D eigenvalue weighted by molar-refractivity contribution is 5.96. The van der Waals surface area contributed by atoms with Gasteiger partial charge in [0, 0.05) is 17.1 Å². The number of para-hydroxylation sites is 1. The van der Waals surface area contributed by atoms with Crippen LogP contribution in [-0.2, 0) is 0 Å². The van der Waals surface area contributed by atoms with Crippen molar-refractivity contribution in [2.75, 3.05) is 19.5 Å². The number of fused-ring (bicyclic) bond motifs is 3. The van der Waals surface area contributed by atoms with Crippen LogP contribution < -0.4 is 20.3 Å². The Hall–Kier alpha value is -4.53. The maximum Gasteiger partial charge on any atom is 0.293 e. The summed E-state index contributed by atoms with van der Waals surface area (Å²) in [5, 5.41) is 8.49. The fourth-order valence-corrected chi connectivity index (χ4v) is 3.38. The summed E-state index contributed by atoms with van der Waals surface area (Å²) in [6.45, 7) is 0. The molecule has 9 nitrogen and oxygen atoms in total. The third-order valence-electron chi connectivity index (χ3n) is 4.96. The van der Waals surface area contributed by atoms with Crippen molar-refractivity contribution in [1.29, 1.82) is 0 Å². The van der Waals surface area contributed by atoms with E-state index in [1.807, 2.05) is 42.5 Å². The van der Waals surface area contributed by atoms with E-state index >= 15 is 0 Å². The van der Waals surface area contributed by atoms with Gasteiger partial charge >= 0.3 is 0 Å². The van der Waals surface area contributed by atoms with Crippen LogP contribution in [0.1, 0.15) is 0 Å². The molecule has 0 bridgehead atoms. The van der Waals surface area contributed by atoms with Crippen LogP contribution in [0.2, 0.25) is 0 Å². The smallest absolute Gasteiger partial charge is 0.293 e. The molecule has 0 aliphatic heterocycles. The number of hydrogen-bond donors (Lipinski definition) is 1. The van der Waals surface area contributed by atoms with Gasteiger partial charge in [0.25, 0.3) is 5.56 Å². The van der Waals surface area contributed by atoms with Gasteiger partial charge < -0.3 is 14.8 Å². The molecular formula is C23H18N6O3. The molecule has 0 saturated heterocycles. The third-order valence-corrected chi connectivity index (χ3v) is 4.96. The Bertz CT molecular complexity index is 1500. The number of nitrogens with zero attached hydrogens (tertiary/aromatic N) is 5. The van der Waals surface area contributed by atoms with E-state index in [1.54, 1.807) is 36.9 Å². The van der Waals surface area contributed by atoms with E-state index in [9.17, 15) is 4.79 Å². The lowest BCUT2D eigenvalue weighted by molar-refractivity contribution is 0.415. The summed E-state index contributed by atoms with van der Waals surface area (Å²) in [6.07, 6.45) is 1.44. The molecule has 0 atom stereocenters. The van der Waals surface area contributed by atoms with Crippen LogP contribution in [0.15, 0.2) is 71.7 Å². The SMILES string of the molecule is COc1ccc(-c2nc3c4cccc(OC)c4nc(Nc4ccccnc4=O)n3n2)cc1. The molecule has 0 unspecified atom stereocenters. The molecular weight excluding hydrogens is 408 g/mol. The van der Waals surface area contributed by atoms with Crippen molar-refractivity contribution in [2.24, 2.45) is 0 Å². The van der Waals surface area contributed by atoms with Crippen molar-refractivity contribution in [2.45, 2.75) is 0 Å². The summed E-state index contributed by atoms with van der Waals surface area (Å²) >= 11 is 0. The van der Waals surface area contributed by atoms with E-state index in [-0.39, 0.29) is 5.69 Å². The number of methoxy groups -OCH3 is 2. The summed E-state index contributed by atoms with van der Waals surface area (Å²) < 4.78 is 12.3. The van der Waals surface area contributed by atoms with Crippen LogP contribution in [0, 0.1) is 0 Å². The van der Waals surface area contributed by atoms with Crippen molar-refractivity contribution in [3.63, 3.8) is 0 Å². The minimum absolute atomic E-state index is 0.263. The predicted molar refractivity (Wildman–Crippen MR) is 121 cm³/mol. The molecule has 0 aliphatic rings. The van der Waals surface area contributed by atoms with E-state index in [0.717, 1.165) is 16.7 Å². The second-order valence-electron chi connectivity index (χ2n) is 6.86. The highest BCUT2D eigenvalue weighted by Crippen LogP contribution is 2.30. The molecule has 5 aromatic rings. The predicted octanol–water partition coefficient (Wildman–Crippen LogP) is 3.46. The van der Waals surface area contributed by atoms with Crippen LogP contribution in [0.3, 0.4) is 0 Å². The second-order valence-corrected chi connectivity index (χ2v) is 6.86. The first-order valence-corrected chi connectivity index (χ1v) is 9.78. The molecule has 3 heterocycles. The Morgan fingerprint density at radius 1 is 0.906 bits per heavy atom. The average Bonchev–Trinajstić information content (AvgIpc) is 3.19. The van der Waals surface area contributed by atoms with Crippen LogP contribution in [-0.4, -0.2) is 38.8 Å². The number of ether oxygens (including phenoxy) is 2. The minimum atomic E-state index is -0.416. The van der Waals surface area contributed by atoms with Gasteiger partial charge in [-0.3, -0.25) is 4.79 Å². The number of benzene rings is 2. The summed E-state index contributed by atoms with van der Waals surface area (Å²) in [7, 11) is 3.20. The van der Waals surface area contributed by atoms with E-state index in [2.05, 4.69) is 15.4 Å². The van der Waals surface area contributed by atoms with Gasteiger partial charge in [-0.05, 0) is 48.5 Å². The van der Waals surface area contributed by atoms with Gasteiger partial charge in [0.15, 0.2) is 11.5 Å². The van der Waals surface area contributed by atoms with E-state index < -0.39 is 5.56 Å². The first kappa shape index (κ1) is 19.4. The molecule has 0 amide bonds. The van der Waals surface area contributed by atoms with Crippen molar-refractivity contribution in [3.8, 4) is 22.9 Å². The molecule has 32 heavy (non-hydrogen) atoms. The van der Waals surface area contributed by atoms with Crippen LogP contribution in [0.5, 0.6) is 11.5 Å². The molecule has 0 aliphatic carbocycles. The zero-order chi connectivity index (χ0) is 22.1. The Kier molecular flexibility index (Phi) is 4.83. The second kappa shape index (κ2) is 7.95. The van der Waals surface area contributed by atoms with Gasteiger partial charge in [-0.25, -0.2) is 15.0 Å². The summed E-state index contributed by atoms with van der Waals surface area (Å²) in [5.41, 5.74) is 1.83. The maximum absolute atomic E-state index is 12.4. The lowest BCUT2D eigenvalue weighted by Gasteiger charge is -2.09. The van der Waals surface area contributed by atoms with Crippen LogP contribution in [0.4, 0.5) is 11.6 Å². The zero-order valence-electron chi connectivity index (χ0n) is 17.3. The average molecular weight is 426 g/mol. The largest absolute Gasteiger partial charge is 0.497 e. The van der Waals surface area contributed by atoms with E-state index in [0.29, 0.717) is 28.7 Å². The van der Waals surface area contributed by atoms with Crippen molar-refractivity contribution in [3.05, 3.63) is 77.2 Å². The Morgan fingerprint density at radius 2 is 1.75 bits per heavy atom. The molecule has 158 valence electrons. The molecule has 3 aromatic heterocycles. The Balaban J connectivity index is 1.76. The quantitative estimate of drug-likeness (QED) is 0.456. The topological polar surface area (TPSA) is 104 Å². The zero-order valence-corrected chi connectivity index (χ0v) is 17.3. The number of nitrogens with one attached hydrogen (secondary N) is 1. The van der Waals surface area contributed by atoms with Crippen molar-refractivity contribution >= 4 is 28.2 Å². The fourth-order valence-electron chi connectivity index (χ4n) is 3.38. The van der Waals surface area contributed by atoms with Crippen molar-refractivity contribution in [1.82, 2.24) is 24.6 Å². The normalized spacial score (nSPS) is 10.9. The number of hydrogen-bond acceptors (Lipinski definition) is 8. The molecule has 2 aromatic carbocycles. The summed E-state index contributed by atoms with van der Waals surface area (Å²) in [5.74, 6) is 2.14. The van der Waals surface area contributed by atoms with E-state index in [1.165, 1.54) is 6.20 Å². The monoisotopic (exact) mass is 426 g/mol. The molecule has 9 heteroatoms. The fraction of sp³-hybridized carbons (Fsp3) is 0.0870. The summed E-state index contributed by atoms with van der Waals surface area (Å²) in [4.78, 5) is 25.7. The Morgan fingerprint density at radius 3 is 2.53 bits per heavy atom. The molecule has 0 radical (unpaired) electrons. The lowest BCUT2D eigenvalue weighted by Crippen LogP contribution is -2.11. The summed E-state index contributed by atoms with van der Waals surface area (Å²) in [6, 6.07) is 18.1. The van der Waals surface area contributed by atoms with Gasteiger partial charge in [-0.1, -0.05) is 12.1 Å². The van der Waals surface area contributed by atoms with E-state index in [4.69, 9.17) is 19.4 Å². The molecule has 1 N–H and O–H groups in total. The number of anilines is 2. The number of rotatable bonds is 5. The molecule has 0 spiro atoms. The van der Waals surface area contributed by atoms with Crippen molar-refractivity contribution < 1.29 is 9.47 Å². The highest BCUT2D eigenvalue weighted by atomic mass is 16.5. The minimum Gasteiger partial charge on any atom is -0.497 e. The molecule has 0 saturated carbocycles. The van der Waals surface area contributed by atoms with Gasteiger partial charge in [0.2, 0.25) is 5.95 Å². The Labute approximate surface area is 182 Å². The first-order valence-electron chi connectivity index (χ1n) is 9.78. The third kappa shape index (κ3) is 3.35. The highest BCUT2D eigenvalue weighted by Gasteiger charge is 2.17. The first-order chi connectivity index (χ1) is 15.7. The van der Waals surface area contributed by atoms with Gasteiger partial charge in [0.1, 0.15) is 22.7 Å². The van der Waals surface area contributed by atoms with Gasteiger partial charge in [0.05, 0.1) is 14.2 Å². The van der Waals surface area contributed by atoms with Crippen LogP contribution >= 0.6 is 0 Å². The number of aromatic nitrogens is 5. The van der Waals surface area contributed by atoms with Gasteiger partial charge in [-0.15, -0.1) is 5.10 Å². The van der Waals surface area contributed by atoms with Crippen LogP contribution in [0.25, 0.3) is 27.9 Å². The maximum atomic E-state index is 12.4. The lowest BCUT2D eigenvalue weighted by atomic mass is 10.2. The molecule has 5 rings (SSSR count). The standard InChI is InChI=1S/C23H18N6O3/c1-31-15-11-9-14(10-12-15)20-27-21-16-6-5-8-18(32-2)19(16)26-23(29(21)28-20)25-17-7-3-4-13-24-22(17)30/h3-13H,1-2H3,(H,24,25,26,30). The van der Waals surface area contributed by atoms with Gasteiger partial charge in [-0.2, -0.15) is 4.52 Å².